The first kappa shape index (κ1) is 16.1. The van der Waals surface area contributed by atoms with Crippen LogP contribution in [-0.2, 0) is 4.74 Å². The quantitative estimate of drug-likeness (QED) is 0.638. The number of benzene rings is 1. The zero-order chi connectivity index (χ0) is 17.8. The van der Waals surface area contributed by atoms with Crippen molar-refractivity contribution in [2.24, 2.45) is 16.3 Å². The van der Waals surface area contributed by atoms with Crippen molar-refractivity contribution in [3.63, 3.8) is 0 Å². The molecule has 2 aliphatic heterocycles. The van der Waals surface area contributed by atoms with Crippen molar-refractivity contribution in [2.75, 3.05) is 36.0 Å². The van der Waals surface area contributed by atoms with Crippen LogP contribution in [0.15, 0.2) is 17.3 Å². The van der Waals surface area contributed by atoms with Gasteiger partial charge in [0.05, 0.1) is 24.5 Å². The lowest BCUT2D eigenvalue weighted by molar-refractivity contribution is 0.145. The van der Waals surface area contributed by atoms with Gasteiger partial charge in [-0.2, -0.15) is 0 Å². The van der Waals surface area contributed by atoms with E-state index in [1.807, 2.05) is 0 Å². The van der Waals surface area contributed by atoms with E-state index in [2.05, 4.69) is 5.16 Å². The zero-order valence-electron chi connectivity index (χ0n) is 13.4. The molecule has 7 nitrogen and oxygen atoms in total. The van der Waals surface area contributed by atoms with E-state index >= 15 is 0 Å². The summed E-state index contributed by atoms with van der Waals surface area (Å²) in [5.74, 6) is -1.54. The van der Waals surface area contributed by atoms with E-state index in [0.717, 1.165) is 25.0 Å². The van der Waals surface area contributed by atoms with E-state index in [9.17, 15) is 13.6 Å². The van der Waals surface area contributed by atoms with E-state index in [1.165, 1.54) is 4.90 Å². The van der Waals surface area contributed by atoms with E-state index in [-0.39, 0.29) is 36.4 Å². The molecule has 0 unspecified atom stereocenters. The highest BCUT2D eigenvalue weighted by atomic mass is 19.1. The molecule has 0 aromatic heterocycles. The van der Waals surface area contributed by atoms with Gasteiger partial charge in [0.15, 0.2) is 11.6 Å². The zero-order valence-corrected chi connectivity index (χ0v) is 13.4. The maximum Gasteiger partial charge on any atom is 0.414 e. The topological polar surface area (TPSA) is 91.4 Å². The third kappa shape index (κ3) is 2.50. The van der Waals surface area contributed by atoms with E-state index < -0.39 is 23.8 Å². The standard InChI is InChI=1S/C16H18F2N4O3/c17-11-3-9(22-6-10(5-19)25-15(22)23)4-12(18)14(11)21-7-13(20-24)16(8-21)1-2-16/h3-4,10,24H,1-2,5-8,19H2/b20-13+/t10-/m0/s1. The fraction of sp³-hybridized carbons (Fsp3) is 0.500. The Kier molecular flexibility index (Phi) is 3.57. The van der Waals surface area contributed by atoms with Crippen molar-refractivity contribution in [3.05, 3.63) is 23.8 Å². The van der Waals surface area contributed by atoms with Crippen LogP contribution in [-0.4, -0.2) is 49.3 Å². The van der Waals surface area contributed by atoms with Gasteiger partial charge in [0.2, 0.25) is 0 Å². The molecule has 3 fully saturated rings. The number of ether oxygens (including phenoxy) is 1. The Bertz CT molecular complexity index is 743. The van der Waals surface area contributed by atoms with Crippen molar-refractivity contribution >= 4 is 23.2 Å². The summed E-state index contributed by atoms with van der Waals surface area (Å²) in [6, 6.07) is 2.23. The van der Waals surface area contributed by atoms with Gasteiger partial charge < -0.3 is 20.6 Å². The molecule has 1 aliphatic carbocycles. The van der Waals surface area contributed by atoms with Crippen LogP contribution in [0, 0.1) is 17.0 Å². The van der Waals surface area contributed by atoms with Crippen LogP contribution < -0.4 is 15.5 Å². The minimum absolute atomic E-state index is 0.0936. The fourth-order valence-electron chi connectivity index (χ4n) is 3.62. The van der Waals surface area contributed by atoms with Crippen molar-refractivity contribution in [1.29, 1.82) is 0 Å². The minimum Gasteiger partial charge on any atom is -0.443 e. The van der Waals surface area contributed by atoms with Crippen LogP contribution >= 0.6 is 0 Å². The highest BCUT2D eigenvalue weighted by molar-refractivity contribution is 5.99. The highest BCUT2D eigenvalue weighted by Gasteiger charge is 2.54. The van der Waals surface area contributed by atoms with Crippen molar-refractivity contribution in [2.45, 2.75) is 18.9 Å². The molecule has 1 spiro atoms. The molecule has 0 radical (unpaired) electrons. The molecule has 1 saturated carbocycles. The van der Waals surface area contributed by atoms with Gasteiger partial charge >= 0.3 is 6.09 Å². The number of rotatable bonds is 3. The second-order valence-corrected chi connectivity index (χ2v) is 6.79. The number of oxime groups is 1. The van der Waals surface area contributed by atoms with Crippen molar-refractivity contribution < 1.29 is 23.5 Å². The van der Waals surface area contributed by atoms with Crippen LogP contribution in [0.25, 0.3) is 0 Å². The molecule has 2 saturated heterocycles. The molecule has 25 heavy (non-hydrogen) atoms. The molecular weight excluding hydrogens is 334 g/mol. The number of amides is 1. The van der Waals surface area contributed by atoms with Gasteiger partial charge in [-0.15, -0.1) is 0 Å². The van der Waals surface area contributed by atoms with Gasteiger partial charge in [0.25, 0.3) is 0 Å². The molecule has 2 heterocycles. The molecule has 4 rings (SSSR count). The van der Waals surface area contributed by atoms with Crippen molar-refractivity contribution in [3.8, 4) is 0 Å². The largest absolute Gasteiger partial charge is 0.443 e. The summed E-state index contributed by atoms with van der Waals surface area (Å²) in [6.07, 6.45) is 0.541. The third-order valence-corrected chi connectivity index (χ3v) is 5.19. The maximum atomic E-state index is 14.6. The summed E-state index contributed by atoms with van der Waals surface area (Å²) in [5.41, 5.74) is 5.70. The number of anilines is 2. The van der Waals surface area contributed by atoms with Gasteiger partial charge in [-0.25, -0.2) is 13.6 Å². The van der Waals surface area contributed by atoms with Gasteiger partial charge in [0.1, 0.15) is 11.8 Å². The first-order chi connectivity index (χ1) is 12.0. The Hall–Kier alpha value is -2.42. The number of hydrogen-bond donors (Lipinski definition) is 2. The van der Waals surface area contributed by atoms with E-state index in [1.54, 1.807) is 4.90 Å². The summed E-state index contributed by atoms with van der Waals surface area (Å²) in [7, 11) is 0. The van der Waals surface area contributed by atoms with E-state index in [4.69, 9.17) is 15.7 Å². The molecule has 1 aromatic carbocycles. The average molecular weight is 352 g/mol. The Labute approximate surface area is 142 Å². The van der Waals surface area contributed by atoms with Crippen LogP contribution in [0.1, 0.15) is 12.8 Å². The fourth-order valence-corrected chi connectivity index (χ4v) is 3.62. The third-order valence-electron chi connectivity index (χ3n) is 5.19. The second-order valence-electron chi connectivity index (χ2n) is 6.79. The average Bonchev–Trinajstić information content (AvgIpc) is 3.10. The Morgan fingerprint density at radius 2 is 2.04 bits per heavy atom. The number of carbonyl (C=O) groups excluding carboxylic acids is 1. The number of nitrogens with two attached hydrogens (primary N) is 1. The second kappa shape index (κ2) is 5.55. The first-order valence-corrected chi connectivity index (χ1v) is 8.11. The molecule has 134 valence electrons. The maximum absolute atomic E-state index is 14.6. The van der Waals surface area contributed by atoms with Crippen LogP contribution in [0.5, 0.6) is 0 Å². The molecule has 9 heteroatoms. The van der Waals surface area contributed by atoms with Crippen LogP contribution in [0.3, 0.4) is 0 Å². The summed E-state index contributed by atoms with van der Waals surface area (Å²) >= 11 is 0. The van der Waals surface area contributed by atoms with Gasteiger partial charge in [-0.3, -0.25) is 4.90 Å². The number of cyclic esters (lactones) is 1. The molecule has 1 aromatic rings. The lowest BCUT2D eigenvalue weighted by atomic mass is 10.1. The molecule has 0 bridgehead atoms. The molecule has 3 aliphatic rings. The summed E-state index contributed by atoms with van der Waals surface area (Å²) in [4.78, 5) is 14.5. The van der Waals surface area contributed by atoms with E-state index in [0.29, 0.717) is 12.3 Å². The Balaban J connectivity index is 1.63. The SMILES string of the molecule is NC[C@H]1CN(c2cc(F)c(N3C/C(=N\O)C4(CC4)C3)c(F)c2)C(=O)O1. The molecule has 3 N–H and O–H groups in total. The highest BCUT2D eigenvalue weighted by Crippen LogP contribution is 2.52. The summed E-state index contributed by atoms with van der Waals surface area (Å²) in [6.45, 7) is 0.900. The first-order valence-electron chi connectivity index (χ1n) is 8.11. The minimum atomic E-state index is -0.769. The smallest absolute Gasteiger partial charge is 0.414 e. The Morgan fingerprint density at radius 3 is 2.52 bits per heavy atom. The predicted octanol–water partition coefficient (Wildman–Crippen LogP) is 1.68. The van der Waals surface area contributed by atoms with Crippen molar-refractivity contribution in [1.82, 2.24) is 0 Å². The number of nitrogens with zero attached hydrogens (tertiary/aromatic N) is 3. The lowest BCUT2D eigenvalue weighted by Crippen LogP contribution is -2.28. The van der Waals surface area contributed by atoms with Crippen LogP contribution in [0.4, 0.5) is 25.0 Å². The summed E-state index contributed by atoms with van der Waals surface area (Å²) in [5, 5.41) is 12.4. The molecule has 1 atom stereocenters. The number of halogens is 2. The van der Waals surface area contributed by atoms with Gasteiger partial charge in [0, 0.05) is 30.6 Å². The predicted molar refractivity (Wildman–Crippen MR) is 86.1 cm³/mol. The summed E-state index contributed by atoms with van der Waals surface area (Å²) < 4.78 is 34.3. The monoisotopic (exact) mass is 352 g/mol. The van der Waals surface area contributed by atoms with Crippen LogP contribution in [0.2, 0.25) is 0 Å². The lowest BCUT2D eigenvalue weighted by Gasteiger charge is -2.21. The normalized spacial score (nSPS) is 26.0. The Morgan fingerprint density at radius 1 is 1.36 bits per heavy atom. The molecule has 1 amide bonds. The number of carbonyl (C=O) groups is 1. The molecular formula is C16H18F2N4O3. The van der Waals surface area contributed by atoms with Gasteiger partial charge in [-0.1, -0.05) is 5.16 Å². The van der Waals surface area contributed by atoms with Gasteiger partial charge in [-0.05, 0) is 12.8 Å². The number of hydrogen-bond acceptors (Lipinski definition) is 6.